The number of para-hydroxylation sites is 2. The Hall–Kier alpha value is -3.69. The third kappa shape index (κ3) is 6.00. The molecule has 0 saturated carbocycles. The number of ether oxygens (including phenoxy) is 1. The normalized spacial score (nSPS) is 15.1. The molecule has 0 fully saturated rings. The van der Waals surface area contributed by atoms with Crippen LogP contribution in [0, 0.1) is 13.8 Å². The van der Waals surface area contributed by atoms with Crippen molar-refractivity contribution in [3.05, 3.63) is 89.5 Å². The number of aryl methyl sites for hydroxylation is 2. The molecule has 194 valence electrons. The van der Waals surface area contributed by atoms with Crippen LogP contribution in [0.2, 0.25) is 0 Å². The van der Waals surface area contributed by atoms with E-state index in [2.05, 4.69) is 5.32 Å². The zero-order chi connectivity index (χ0) is 26.6. The number of fused-ring (bicyclic) bond motifs is 1. The Labute approximate surface area is 217 Å². The van der Waals surface area contributed by atoms with E-state index in [-0.39, 0.29) is 23.9 Å². The van der Waals surface area contributed by atoms with Crippen molar-refractivity contribution in [1.29, 1.82) is 0 Å². The van der Waals surface area contributed by atoms with Crippen molar-refractivity contribution in [3.63, 3.8) is 0 Å². The summed E-state index contributed by atoms with van der Waals surface area (Å²) < 4.78 is 33.4. The van der Waals surface area contributed by atoms with Crippen molar-refractivity contribution < 1.29 is 22.7 Å². The Morgan fingerprint density at radius 1 is 1.03 bits per heavy atom. The number of hydrogen-bond donors (Lipinski definition) is 1. The second kappa shape index (κ2) is 11.1. The highest BCUT2D eigenvalue weighted by atomic mass is 32.2. The van der Waals surface area contributed by atoms with Crippen molar-refractivity contribution >= 4 is 27.5 Å². The molecule has 0 aliphatic carbocycles. The minimum Gasteiger partial charge on any atom is -0.477 e. The average molecular weight is 522 g/mol. The standard InChI is InChI=1S/C28H31N3O5S/c1-20-13-14-21(2)26(17-20)37(34,35)30(3)19-27(32)31-18-25(36-24-12-8-7-11-23(24)31)28(33)29-16-15-22-9-5-4-6-10-22/h4-14,17,25H,15-16,18-19H2,1-3H3,(H,29,33)/t25-/m0/s1. The van der Waals surface area contributed by atoms with E-state index in [1.807, 2.05) is 43.3 Å². The smallest absolute Gasteiger partial charge is 0.262 e. The third-order valence-electron chi connectivity index (χ3n) is 6.31. The fourth-order valence-corrected chi connectivity index (χ4v) is 5.64. The van der Waals surface area contributed by atoms with Gasteiger partial charge >= 0.3 is 0 Å². The second-order valence-corrected chi connectivity index (χ2v) is 11.1. The number of rotatable bonds is 8. The maximum Gasteiger partial charge on any atom is 0.262 e. The molecule has 2 amide bonds. The maximum absolute atomic E-state index is 13.4. The van der Waals surface area contributed by atoms with E-state index in [0.29, 0.717) is 30.0 Å². The fourth-order valence-electron chi connectivity index (χ4n) is 4.21. The summed E-state index contributed by atoms with van der Waals surface area (Å²) in [7, 11) is -2.51. The summed E-state index contributed by atoms with van der Waals surface area (Å²) in [6.07, 6.45) is -0.255. The van der Waals surface area contributed by atoms with E-state index in [1.54, 1.807) is 43.3 Å². The van der Waals surface area contributed by atoms with Gasteiger partial charge in [0.1, 0.15) is 5.75 Å². The number of hydrogen-bond acceptors (Lipinski definition) is 5. The van der Waals surface area contributed by atoms with E-state index < -0.39 is 22.0 Å². The molecule has 9 heteroatoms. The van der Waals surface area contributed by atoms with Crippen LogP contribution in [0.5, 0.6) is 5.75 Å². The predicted octanol–water partition coefficient (Wildman–Crippen LogP) is 3.08. The van der Waals surface area contributed by atoms with E-state index in [4.69, 9.17) is 4.74 Å². The van der Waals surface area contributed by atoms with Gasteiger partial charge in [0.15, 0.2) is 6.10 Å². The van der Waals surface area contributed by atoms with Gasteiger partial charge in [0.2, 0.25) is 15.9 Å². The molecule has 3 aromatic rings. The number of nitrogens with one attached hydrogen (secondary N) is 1. The van der Waals surface area contributed by atoms with Crippen LogP contribution in [0.3, 0.4) is 0 Å². The van der Waals surface area contributed by atoms with Gasteiger partial charge in [-0.2, -0.15) is 4.31 Å². The molecular formula is C28H31N3O5S. The van der Waals surface area contributed by atoms with Gasteiger partial charge in [-0.3, -0.25) is 9.59 Å². The number of sulfonamides is 1. The Bertz CT molecular complexity index is 1390. The first-order chi connectivity index (χ1) is 17.7. The molecule has 0 saturated heterocycles. The summed E-state index contributed by atoms with van der Waals surface area (Å²) in [5, 5.41) is 2.88. The Morgan fingerprint density at radius 3 is 2.49 bits per heavy atom. The van der Waals surface area contributed by atoms with E-state index >= 15 is 0 Å². The zero-order valence-corrected chi connectivity index (χ0v) is 22.0. The minimum absolute atomic E-state index is 0.0234. The average Bonchev–Trinajstić information content (AvgIpc) is 2.89. The summed E-state index contributed by atoms with van der Waals surface area (Å²) in [6, 6.07) is 21.9. The van der Waals surface area contributed by atoms with Crippen molar-refractivity contribution in [3.8, 4) is 5.75 Å². The van der Waals surface area contributed by atoms with Gasteiger partial charge < -0.3 is 15.0 Å². The highest BCUT2D eigenvalue weighted by molar-refractivity contribution is 7.89. The molecule has 1 N–H and O–H groups in total. The molecule has 4 rings (SSSR count). The molecule has 8 nitrogen and oxygen atoms in total. The second-order valence-electron chi connectivity index (χ2n) is 9.14. The number of carbonyl (C=O) groups excluding carboxylic acids is 2. The number of amides is 2. The number of anilines is 1. The third-order valence-corrected chi connectivity index (χ3v) is 8.26. The Balaban J connectivity index is 1.47. The van der Waals surface area contributed by atoms with Gasteiger partial charge in [0, 0.05) is 13.6 Å². The van der Waals surface area contributed by atoms with Gasteiger partial charge in [0.05, 0.1) is 23.7 Å². The molecule has 0 spiro atoms. The Kier molecular flexibility index (Phi) is 7.94. The lowest BCUT2D eigenvalue weighted by Crippen LogP contribution is -2.52. The molecule has 1 aliphatic rings. The molecular weight excluding hydrogens is 490 g/mol. The first kappa shape index (κ1) is 26.4. The minimum atomic E-state index is -3.90. The van der Waals surface area contributed by atoms with Crippen LogP contribution in [0.1, 0.15) is 16.7 Å². The summed E-state index contributed by atoms with van der Waals surface area (Å²) in [6.45, 7) is 3.56. The van der Waals surface area contributed by atoms with Crippen LogP contribution < -0.4 is 15.0 Å². The van der Waals surface area contributed by atoms with Crippen molar-refractivity contribution in [2.45, 2.75) is 31.3 Å². The molecule has 3 aromatic carbocycles. The molecule has 0 bridgehead atoms. The highest BCUT2D eigenvalue weighted by Crippen LogP contribution is 2.33. The van der Waals surface area contributed by atoms with Crippen molar-refractivity contribution in [2.24, 2.45) is 0 Å². The lowest BCUT2D eigenvalue weighted by Gasteiger charge is -2.35. The van der Waals surface area contributed by atoms with Gasteiger partial charge in [-0.25, -0.2) is 8.42 Å². The first-order valence-corrected chi connectivity index (χ1v) is 13.5. The van der Waals surface area contributed by atoms with E-state index in [1.165, 1.54) is 11.9 Å². The summed E-state index contributed by atoms with van der Waals surface area (Å²) in [4.78, 5) is 27.9. The van der Waals surface area contributed by atoms with Crippen LogP contribution in [0.25, 0.3) is 0 Å². The van der Waals surface area contributed by atoms with Crippen LogP contribution >= 0.6 is 0 Å². The SMILES string of the molecule is Cc1ccc(C)c(S(=O)(=O)N(C)CC(=O)N2C[C@@H](C(=O)NCCc3ccccc3)Oc3ccccc32)c1. The number of likely N-dealkylation sites (N-methyl/N-ethyl adjacent to an activating group) is 1. The Morgan fingerprint density at radius 2 is 1.73 bits per heavy atom. The number of benzene rings is 3. The molecule has 1 heterocycles. The fraction of sp³-hybridized carbons (Fsp3) is 0.286. The molecule has 37 heavy (non-hydrogen) atoms. The van der Waals surface area contributed by atoms with Gasteiger partial charge in [0.25, 0.3) is 5.91 Å². The molecule has 0 unspecified atom stereocenters. The predicted molar refractivity (Wildman–Crippen MR) is 142 cm³/mol. The van der Waals surface area contributed by atoms with Crippen molar-refractivity contribution in [2.75, 3.05) is 31.6 Å². The van der Waals surface area contributed by atoms with Gasteiger partial charge in [-0.1, -0.05) is 54.6 Å². The molecule has 0 radical (unpaired) electrons. The van der Waals surface area contributed by atoms with Crippen LogP contribution in [-0.4, -0.2) is 57.3 Å². The van der Waals surface area contributed by atoms with E-state index in [9.17, 15) is 18.0 Å². The summed E-state index contributed by atoms with van der Waals surface area (Å²) in [5.74, 6) is -0.390. The summed E-state index contributed by atoms with van der Waals surface area (Å²) >= 11 is 0. The van der Waals surface area contributed by atoms with Crippen LogP contribution in [0.4, 0.5) is 5.69 Å². The van der Waals surface area contributed by atoms with E-state index in [0.717, 1.165) is 15.4 Å². The monoisotopic (exact) mass is 521 g/mol. The highest BCUT2D eigenvalue weighted by Gasteiger charge is 2.35. The molecule has 1 atom stereocenters. The zero-order valence-electron chi connectivity index (χ0n) is 21.2. The first-order valence-electron chi connectivity index (χ1n) is 12.1. The van der Waals surface area contributed by atoms with Gasteiger partial charge in [-0.05, 0) is 55.2 Å². The quantitative estimate of drug-likeness (QED) is 0.492. The number of carbonyl (C=O) groups is 2. The molecule has 0 aromatic heterocycles. The summed E-state index contributed by atoms with van der Waals surface area (Å²) in [5.41, 5.74) is 3.02. The van der Waals surface area contributed by atoms with Crippen molar-refractivity contribution in [1.82, 2.24) is 9.62 Å². The lowest BCUT2D eigenvalue weighted by molar-refractivity contribution is -0.128. The van der Waals surface area contributed by atoms with Crippen LogP contribution in [0.15, 0.2) is 77.7 Å². The lowest BCUT2D eigenvalue weighted by atomic mass is 10.1. The van der Waals surface area contributed by atoms with Gasteiger partial charge in [-0.15, -0.1) is 0 Å². The number of nitrogens with zero attached hydrogens (tertiary/aromatic N) is 2. The largest absolute Gasteiger partial charge is 0.477 e. The maximum atomic E-state index is 13.4. The topological polar surface area (TPSA) is 96.0 Å². The van der Waals surface area contributed by atoms with Crippen LogP contribution in [-0.2, 0) is 26.0 Å². The molecule has 1 aliphatic heterocycles.